The molecule has 1 amide bonds. The molecule has 7 heteroatoms. The summed E-state index contributed by atoms with van der Waals surface area (Å²) in [6.45, 7) is 6.97. The molecule has 1 N–H and O–H groups in total. The van der Waals surface area contributed by atoms with Gasteiger partial charge in [-0.3, -0.25) is 0 Å². The lowest BCUT2D eigenvalue weighted by molar-refractivity contribution is 0.0252. The van der Waals surface area contributed by atoms with Crippen molar-refractivity contribution >= 4 is 6.09 Å². The lowest BCUT2D eigenvalue weighted by Gasteiger charge is -2.24. The van der Waals surface area contributed by atoms with Gasteiger partial charge < -0.3 is 24.1 Å². The molecule has 1 aliphatic rings. The summed E-state index contributed by atoms with van der Waals surface area (Å²) in [4.78, 5) is 13.8. The maximum atomic E-state index is 12.2. The van der Waals surface area contributed by atoms with Gasteiger partial charge in [-0.25, -0.2) is 4.79 Å². The van der Waals surface area contributed by atoms with E-state index >= 15 is 0 Å². The average molecular weight is 321 g/mol. The smallest absolute Gasteiger partial charge is 0.410 e. The zero-order chi connectivity index (χ0) is 17.0. The van der Waals surface area contributed by atoms with Crippen LogP contribution in [0.5, 0.6) is 0 Å². The van der Waals surface area contributed by atoms with Gasteiger partial charge >= 0.3 is 6.09 Å². The van der Waals surface area contributed by atoms with Gasteiger partial charge in [0.15, 0.2) is 0 Å². The molecular weight excluding hydrogens is 298 g/mol. The number of amides is 1. The van der Waals surface area contributed by atoms with E-state index in [-0.39, 0.29) is 24.0 Å². The van der Waals surface area contributed by atoms with Gasteiger partial charge in [-0.05, 0) is 32.9 Å². The summed E-state index contributed by atoms with van der Waals surface area (Å²) in [7, 11) is 1.62. The summed E-state index contributed by atoms with van der Waals surface area (Å²) in [6, 6.07) is 5.31. The minimum atomic E-state index is -0.521. The van der Waals surface area contributed by atoms with E-state index in [1.165, 1.54) is 0 Å². The van der Waals surface area contributed by atoms with Crippen LogP contribution in [0.25, 0.3) is 0 Å². The third-order valence-electron chi connectivity index (χ3n) is 3.53. The molecule has 1 unspecified atom stereocenters. The molecule has 0 aromatic carbocycles. The molecule has 23 heavy (non-hydrogen) atoms. The Labute approximate surface area is 136 Å². The summed E-state index contributed by atoms with van der Waals surface area (Å²) in [5, 5.41) is 12.1. The normalized spacial score (nSPS) is 21.3. The minimum absolute atomic E-state index is 0.0249. The van der Waals surface area contributed by atoms with Crippen molar-refractivity contribution in [3.8, 4) is 6.07 Å². The van der Waals surface area contributed by atoms with E-state index in [1.807, 2.05) is 26.8 Å². The first-order chi connectivity index (χ1) is 10.8. The highest BCUT2D eigenvalue weighted by Gasteiger charge is 2.37. The predicted octanol–water partition coefficient (Wildman–Crippen LogP) is 1.88. The Balaban J connectivity index is 1.91. The molecule has 126 valence electrons. The molecule has 7 nitrogen and oxygen atoms in total. The van der Waals surface area contributed by atoms with E-state index in [1.54, 1.807) is 24.1 Å². The van der Waals surface area contributed by atoms with Crippen LogP contribution in [0.2, 0.25) is 0 Å². The largest absolute Gasteiger partial charge is 0.449 e. The van der Waals surface area contributed by atoms with Crippen LogP contribution in [0.4, 0.5) is 4.79 Å². The standard InChI is InChI=1S/C16H23N3O4/c1-16(2,3)23-15(20)19-9-13(14(10-19)21-4)18-8-12-6-5-11(7-17)22-12/h5-6,13-14,18H,8-10H2,1-4H3/t13?,14-/m0/s1. The van der Waals surface area contributed by atoms with E-state index in [4.69, 9.17) is 19.2 Å². The zero-order valence-electron chi connectivity index (χ0n) is 14.0. The highest BCUT2D eigenvalue weighted by molar-refractivity contribution is 5.68. The molecule has 1 fully saturated rings. The van der Waals surface area contributed by atoms with E-state index in [0.717, 1.165) is 0 Å². The summed E-state index contributed by atoms with van der Waals surface area (Å²) in [6.07, 6.45) is -0.457. The van der Waals surface area contributed by atoms with Crippen LogP contribution >= 0.6 is 0 Å². The summed E-state index contributed by atoms with van der Waals surface area (Å²) < 4.78 is 16.2. The number of hydrogen-bond acceptors (Lipinski definition) is 6. The fourth-order valence-electron chi connectivity index (χ4n) is 2.45. The van der Waals surface area contributed by atoms with Gasteiger partial charge in [0.2, 0.25) is 5.76 Å². The van der Waals surface area contributed by atoms with Crippen LogP contribution in [-0.2, 0) is 16.0 Å². The Morgan fingerprint density at radius 2 is 2.22 bits per heavy atom. The van der Waals surface area contributed by atoms with Crippen molar-refractivity contribution in [2.75, 3.05) is 20.2 Å². The SMILES string of the molecule is CO[C@H]1CN(C(=O)OC(C)(C)C)CC1NCc1ccc(C#N)o1. The number of furan rings is 1. The number of carbonyl (C=O) groups excluding carboxylic acids is 1. The Morgan fingerprint density at radius 1 is 1.48 bits per heavy atom. The van der Waals surface area contributed by atoms with Crippen LogP contribution in [0.3, 0.4) is 0 Å². The Hall–Kier alpha value is -2.04. The first kappa shape index (κ1) is 17.3. The fraction of sp³-hybridized carbons (Fsp3) is 0.625. The quantitative estimate of drug-likeness (QED) is 0.911. The molecule has 1 aromatic heterocycles. The van der Waals surface area contributed by atoms with E-state index in [0.29, 0.717) is 25.4 Å². The molecular formula is C16H23N3O4. The van der Waals surface area contributed by atoms with Crippen molar-refractivity contribution < 1.29 is 18.7 Å². The van der Waals surface area contributed by atoms with Gasteiger partial charge in [-0.2, -0.15) is 5.26 Å². The van der Waals surface area contributed by atoms with Gasteiger partial charge in [0.05, 0.1) is 25.2 Å². The first-order valence-corrected chi connectivity index (χ1v) is 7.55. The number of methoxy groups -OCH3 is 1. The second kappa shape index (κ2) is 7.02. The van der Waals surface area contributed by atoms with E-state index in [9.17, 15) is 4.79 Å². The minimum Gasteiger partial charge on any atom is -0.449 e. The number of nitriles is 1. The van der Waals surface area contributed by atoms with Gasteiger partial charge in [-0.15, -0.1) is 0 Å². The summed E-state index contributed by atoms with van der Waals surface area (Å²) >= 11 is 0. The predicted molar refractivity (Wildman–Crippen MR) is 82.7 cm³/mol. The average Bonchev–Trinajstić information content (AvgIpc) is 3.09. The van der Waals surface area contributed by atoms with Crippen molar-refractivity contribution in [3.63, 3.8) is 0 Å². The molecule has 0 radical (unpaired) electrons. The van der Waals surface area contributed by atoms with Crippen molar-refractivity contribution in [2.24, 2.45) is 0 Å². The fourth-order valence-corrected chi connectivity index (χ4v) is 2.45. The van der Waals surface area contributed by atoms with Crippen LogP contribution in [0.1, 0.15) is 32.3 Å². The number of nitrogens with zero attached hydrogens (tertiary/aromatic N) is 2. The maximum absolute atomic E-state index is 12.2. The van der Waals surface area contributed by atoms with Gasteiger partial charge in [-0.1, -0.05) is 0 Å². The molecule has 1 saturated heterocycles. The van der Waals surface area contributed by atoms with E-state index in [2.05, 4.69) is 5.32 Å². The lowest BCUT2D eigenvalue weighted by Crippen LogP contribution is -2.40. The molecule has 2 rings (SSSR count). The van der Waals surface area contributed by atoms with E-state index < -0.39 is 5.60 Å². The number of rotatable bonds is 4. The number of ether oxygens (including phenoxy) is 2. The molecule has 2 atom stereocenters. The second-order valence-electron chi connectivity index (χ2n) is 6.52. The zero-order valence-corrected chi connectivity index (χ0v) is 14.0. The maximum Gasteiger partial charge on any atom is 0.410 e. The number of likely N-dealkylation sites (tertiary alicyclic amines) is 1. The second-order valence-corrected chi connectivity index (χ2v) is 6.52. The first-order valence-electron chi connectivity index (χ1n) is 7.55. The van der Waals surface area contributed by atoms with Crippen LogP contribution in [-0.4, -0.2) is 48.9 Å². The van der Waals surface area contributed by atoms with Gasteiger partial charge in [0, 0.05) is 13.7 Å². The number of carbonyl (C=O) groups is 1. The highest BCUT2D eigenvalue weighted by Crippen LogP contribution is 2.18. The number of nitrogens with one attached hydrogen (secondary N) is 1. The topological polar surface area (TPSA) is 87.7 Å². The Bertz CT molecular complexity index is 585. The van der Waals surface area contributed by atoms with Crippen LogP contribution in [0, 0.1) is 11.3 Å². The molecule has 0 bridgehead atoms. The highest BCUT2D eigenvalue weighted by atomic mass is 16.6. The molecule has 1 aromatic rings. The summed E-state index contributed by atoms with van der Waals surface area (Å²) in [5.74, 6) is 0.957. The molecule has 1 aliphatic heterocycles. The van der Waals surface area contributed by atoms with Gasteiger partial charge in [0.1, 0.15) is 17.4 Å². The van der Waals surface area contributed by atoms with Crippen molar-refractivity contribution in [1.82, 2.24) is 10.2 Å². The molecule has 0 spiro atoms. The van der Waals surface area contributed by atoms with Crippen LogP contribution in [0.15, 0.2) is 16.5 Å². The van der Waals surface area contributed by atoms with Gasteiger partial charge in [0.25, 0.3) is 0 Å². The monoisotopic (exact) mass is 321 g/mol. The number of hydrogen-bond donors (Lipinski definition) is 1. The molecule has 0 aliphatic carbocycles. The van der Waals surface area contributed by atoms with Crippen LogP contribution < -0.4 is 5.32 Å². The molecule has 2 heterocycles. The third-order valence-corrected chi connectivity index (χ3v) is 3.53. The van der Waals surface area contributed by atoms with Crippen molar-refractivity contribution in [3.05, 3.63) is 23.7 Å². The van der Waals surface area contributed by atoms with Crippen molar-refractivity contribution in [1.29, 1.82) is 5.26 Å². The Morgan fingerprint density at radius 3 is 2.78 bits per heavy atom. The summed E-state index contributed by atoms with van der Waals surface area (Å²) in [5.41, 5.74) is -0.521. The lowest BCUT2D eigenvalue weighted by atomic mass is 10.2. The third kappa shape index (κ3) is 4.71. The Kier molecular flexibility index (Phi) is 5.29. The molecule has 0 saturated carbocycles. The van der Waals surface area contributed by atoms with Crippen molar-refractivity contribution in [2.45, 2.75) is 45.1 Å².